The average Bonchev–Trinajstić information content (AvgIpc) is 3.45. The SMILES string of the molecule is CCCCc1cc(NC(=O)Nc2ccc(Cc3ccnc(NC(=O)COCCOC)c3)c3ccccc23)n(-c2ccc(C)cc2)n1. The maximum absolute atomic E-state index is 13.4. The lowest BCUT2D eigenvalue weighted by Crippen LogP contribution is -2.21. The van der Waals surface area contributed by atoms with E-state index in [0.29, 0.717) is 37.0 Å². The van der Waals surface area contributed by atoms with Gasteiger partial charge in [0.25, 0.3) is 5.91 Å². The number of carbonyl (C=O) groups is 2. The first-order valence-corrected chi connectivity index (χ1v) is 15.5. The van der Waals surface area contributed by atoms with Gasteiger partial charge in [0.05, 0.1) is 30.3 Å². The Morgan fingerprint density at radius 3 is 2.48 bits per heavy atom. The van der Waals surface area contributed by atoms with Crippen LogP contribution in [0.25, 0.3) is 16.5 Å². The number of hydrogen-bond acceptors (Lipinski definition) is 6. The molecule has 0 bridgehead atoms. The Labute approximate surface area is 269 Å². The highest BCUT2D eigenvalue weighted by Gasteiger charge is 2.15. The van der Waals surface area contributed by atoms with Crippen molar-refractivity contribution < 1.29 is 19.1 Å². The zero-order chi connectivity index (χ0) is 32.3. The van der Waals surface area contributed by atoms with Gasteiger partial charge in [-0.05, 0) is 73.0 Å². The molecule has 238 valence electrons. The summed E-state index contributed by atoms with van der Waals surface area (Å²) in [4.78, 5) is 29.9. The summed E-state index contributed by atoms with van der Waals surface area (Å²) in [5.41, 5.74) is 5.72. The maximum atomic E-state index is 13.4. The van der Waals surface area contributed by atoms with E-state index in [-0.39, 0.29) is 18.5 Å². The van der Waals surface area contributed by atoms with E-state index >= 15 is 0 Å². The van der Waals surface area contributed by atoms with Crippen LogP contribution in [0.4, 0.5) is 22.1 Å². The molecular formula is C36H40N6O4. The van der Waals surface area contributed by atoms with Crippen molar-refractivity contribution in [3.63, 3.8) is 0 Å². The largest absolute Gasteiger partial charge is 0.382 e. The molecule has 0 saturated carbocycles. The maximum Gasteiger partial charge on any atom is 0.324 e. The van der Waals surface area contributed by atoms with Crippen LogP contribution >= 0.6 is 0 Å². The Morgan fingerprint density at radius 2 is 1.70 bits per heavy atom. The predicted molar refractivity (Wildman–Crippen MR) is 182 cm³/mol. The van der Waals surface area contributed by atoms with Gasteiger partial charge in [-0.2, -0.15) is 5.10 Å². The standard InChI is InChI=1S/C36H40N6O4/c1-4-5-8-28-23-34(42(41-28)29-14-11-25(2)12-15-29)40-36(44)38-32-16-13-27(30-9-6-7-10-31(30)32)21-26-17-18-37-33(22-26)39-35(43)24-46-20-19-45-3/h6-7,9-18,22-23H,4-5,8,19-21,24H2,1-3H3,(H,37,39,43)(H2,38,40,44). The third-order valence-corrected chi connectivity index (χ3v) is 7.48. The summed E-state index contributed by atoms with van der Waals surface area (Å²) < 4.78 is 12.0. The van der Waals surface area contributed by atoms with Crippen LogP contribution in [0.2, 0.25) is 0 Å². The van der Waals surface area contributed by atoms with Gasteiger partial charge in [-0.1, -0.05) is 61.4 Å². The molecule has 0 atom stereocenters. The van der Waals surface area contributed by atoms with Gasteiger partial charge in [0.2, 0.25) is 0 Å². The van der Waals surface area contributed by atoms with E-state index in [1.165, 1.54) is 0 Å². The van der Waals surface area contributed by atoms with E-state index in [1.807, 2.05) is 85.8 Å². The lowest BCUT2D eigenvalue weighted by molar-refractivity contribution is -0.121. The zero-order valence-corrected chi connectivity index (χ0v) is 26.5. The van der Waals surface area contributed by atoms with Gasteiger partial charge in [0, 0.05) is 24.8 Å². The normalized spacial score (nSPS) is 11.0. The fraction of sp³-hybridized carbons (Fsp3) is 0.278. The van der Waals surface area contributed by atoms with Gasteiger partial charge in [-0.15, -0.1) is 0 Å². The second-order valence-corrected chi connectivity index (χ2v) is 11.1. The molecule has 3 amide bonds. The van der Waals surface area contributed by atoms with Crippen molar-refractivity contribution in [1.82, 2.24) is 14.8 Å². The van der Waals surface area contributed by atoms with Crippen molar-refractivity contribution in [2.24, 2.45) is 0 Å². The number of amides is 3. The van der Waals surface area contributed by atoms with Crippen molar-refractivity contribution in [3.8, 4) is 5.69 Å². The first kappa shape index (κ1) is 32.3. The van der Waals surface area contributed by atoms with E-state index in [4.69, 9.17) is 14.6 Å². The van der Waals surface area contributed by atoms with E-state index in [1.54, 1.807) is 18.0 Å². The summed E-state index contributed by atoms with van der Waals surface area (Å²) in [5, 5.41) is 15.6. The highest BCUT2D eigenvalue weighted by atomic mass is 16.5. The number of rotatable bonds is 14. The molecule has 10 nitrogen and oxygen atoms in total. The number of benzene rings is 3. The minimum atomic E-state index is -0.353. The second-order valence-electron chi connectivity index (χ2n) is 11.1. The fourth-order valence-electron chi connectivity index (χ4n) is 5.14. The molecule has 0 saturated heterocycles. The van der Waals surface area contributed by atoms with Crippen molar-refractivity contribution in [3.05, 3.63) is 107 Å². The Bertz CT molecular complexity index is 1780. The summed E-state index contributed by atoms with van der Waals surface area (Å²) in [7, 11) is 1.58. The number of aryl methyl sites for hydroxylation is 2. The minimum Gasteiger partial charge on any atom is -0.382 e. The minimum absolute atomic E-state index is 0.0732. The number of methoxy groups -OCH3 is 1. The molecule has 5 rings (SSSR count). The van der Waals surface area contributed by atoms with Crippen LogP contribution in [0.3, 0.4) is 0 Å². The van der Waals surface area contributed by atoms with Crippen LogP contribution in [0.1, 0.15) is 42.1 Å². The molecule has 2 aromatic heterocycles. The molecular weight excluding hydrogens is 580 g/mol. The quantitative estimate of drug-likeness (QED) is 0.116. The third kappa shape index (κ3) is 8.56. The molecule has 3 N–H and O–H groups in total. The summed E-state index contributed by atoms with van der Waals surface area (Å²) in [6.07, 6.45) is 5.21. The Hall–Kier alpha value is -5.06. The number of unbranched alkanes of at least 4 members (excludes halogenated alkanes) is 1. The summed E-state index contributed by atoms with van der Waals surface area (Å²) in [5.74, 6) is 0.786. The number of hydrogen-bond donors (Lipinski definition) is 3. The third-order valence-electron chi connectivity index (χ3n) is 7.48. The second kappa shape index (κ2) is 15.8. The summed E-state index contributed by atoms with van der Waals surface area (Å²) in [6.45, 7) is 4.88. The zero-order valence-electron chi connectivity index (χ0n) is 26.5. The number of aromatic nitrogens is 3. The highest BCUT2D eigenvalue weighted by Crippen LogP contribution is 2.29. The lowest BCUT2D eigenvalue weighted by atomic mass is 9.97. The molecule has 0 unspecified atom stereocenters. The van der Waals surface area contributed by atoms with Gasteiger partial charge >= 0.3 is 6.03 Å². The van der Waals surface area contributed by atoms with E-state index in [9.17, 15) is 9.59 Å². The lowest BCUT2D eigenvalue weighted by Gasteiger charge is -2.14. The Morgan fingerprint density at radius 1 is 0.891 bits per heavy atom. The first-order chi connectivity index (χ1) is 22.4. The number of nitrogens with zero attached hydrogens (tertiary/aromatic N) is 3. The number of anilines is 3. The van der Waals surface area contributed by atoms with Gasteiger partial charge in [0.15, 0.2) is 0 Å². The molecule has 0 spiro atoms. The fourth-order valence-corrected chi connectivity index (χ4v) is 5.14. The first-order valence-electron chi connectivity index (χ1n) is 15.5. The van der Waals surface area contributed by atoms with Crippen LogP contribution in [0.5, 0.6) is 0 Å². The van der Waals surface area contributed by atoms with Crippen LogP contribution < -0.4 is 16.0 Å². The molecule has 46 heavy (non-hydrogen) atoms. The van der Waals surface area contributed by atoms with Gasteiger partial charge in [-0.25, -0.2) is 14.5 Å². The van der Waals surface area contributed by atoms with E-state index in [0.717, 1.165) is 58.1 Å². The Balaban J connectivity index is 1.31. The summed E-state index contributed by atoms with van der Waals surface area (Å²) >= 11 is 0. The van der Waals surface area contributed by atoms with Crippen LogP contribution in [-0.2, 0) is 27.1 Å². The van der Waals surface area contributed by atoms with Crippen LogP contribution in [-0.4, -0.2) is 53.6 Å². The molecule has 0 radical (unpaired) electrons. The summed E-state index contributed by atoms with van der Waals surface area (Å²) in [6, 6.07) is 25.3. The number of nitrogens with one attached hydrogen (secondary N) is 3. The van der Waals surface area contributed by atoms with Crippen molar-refractivity contribution >= 4 is 40.0 Å². The van der Waals surface area contributed by atoms with Crippen LogP contribution in [0.15, 0.2) is 85.1 Å². The molecule has 5 aromatic rings. The van der Waals surface area contributed by atoms with Crippen LogP contribution in [0, 0.1) is 6.92 Å². The van der Waals surface area contributed by atoms with Crippen molar-refractivity contribution in [2.45, 2.75) is 39.5 Å². The number of urea groups is 1. The molecule has 10 heteroatoms. The molecule has 0 fully saturated rings. The molecule has 2 heterocycles. The highest BCUT2D eigenvalue weighted by molar-refractivity contribution is 6.06. The predicted octanol–water partition coefficient (Wildman–Crippen LogP) is 6.91. The monoisotopic (exact) mass is 620 g/mol. The smallest absolute Gasteiger partial charge is 0.324 e. The average molecular weight is 621 g/mol. The number of pyridine rings is 1. The molecule has 3 aromatic carbocycles. The van der Waals surface area contributed by atoms with Crippen molar-refractivity contribution in [2.75, 3.05) is 42.9 Å². The number of fused-ring (bicyclic) bond motifs is 1. The number of carbonyl (C=O) groups excluding carboxylic acids is 2. The molecule has 0 aliphatic carbocycles. The molecule has 0 aliphatic rings. The van der Waals surface area contributed by atoms with Gasteiger partial charge in [-0.3, -0.25) is 10.1 Å². The molecule has 0 aliphatic heterocycles. The Kier molecular flexibility index (Phi) is 11.1. The number of ether oxygens (including phenoxy) is 2. The van der Waals surface area contributed by atoms with E-state index in [2.05, 4.69) is 27.9 Å². The topological polar surface area (TPSA) is 119 Å². The van der Waals surface area contributed by atoms with Crippen molar-refractivity contribution in [1.29, 1.82) is 0 Å². The van der Waals surface area contributed by atoms with Gasteiger partial charge < -0.3 is 20.1 Å². The van der Waals surface area contributed by atoms with Gasteiger partial charge in [0.1, 0.15) is 18.2 Å². The van der Waals surface area contributed by atoms with E-state index < -0.39 is 0 Å².